The van der Waals surface area contributed by atoms with E-state index in [1.807, 2.05) is 54.6 Å². The van der Waals surface area contributed by atoms with Crippen LogP contribution in [0.4, 0.5) is 11.4 Å². The summed E-state index contributed by atoms with van der Waals surface area (Å²) in [5.41, 5.74) is 6.41. The van der Waals surface area contributed by atoms with Crippen molar-refractivity contribution in [1.82, 2.24) is 10.3 Å². The Hall–Kier alpha value is -4.68. The quantitative estimate of drug-likeness (QED) is 0.0877. The minimum absolute atomic E-state index is 0.0294. The zero-order valence-electron chi connectivity index (χ0n) is 27.9. The number of pyridine rings is 1. The van der Waals surface area contributed by atoms with Crippen LogP contribution in [0.25, 0.3) is 10.9 Å². The van der Waals surface area contributed by atoms with Gasteiger partial charge in [-0.25, -0.2) is 0 Å². The summed E-state index contributed by atoms with van der Waals surface area (Å²) >= 11 is 0. The second kappa shape index (κ2) is 14.8. The number of hydrogen-bond acceptors (Lipinski definition) is 6. The van der Waals surface area contributed by atoms with E-state index >= 15 is 0 Å². The fourth-order valence-electron chi connectivity index (χ4n) is 5.15. The van der Waals surface area contributed by atoms with Crippen molar-refractivity contribution in [3.05, 3.63) is 136 Å². The van der Waals surface area contributed by atoms with Crippen molar-refractivity contribution < 1.29 is 9.16 Å². The van der Waals surface area contributed by atoms with Gasteiger partial charge in [-0.1, -0.05) is 69.3 Å². The topological polar surface area (TPSA) is 99.2 Å². The van der Waals surface area contributed by atoms with Crippen molar-refractivity contribution in [1.29, 1.82) is 5.26 Å². The number of nitriles is 1. The standard InChI is InChI=1S/C39H44N4O3Si/c1-39(2,3)47(4,5)46-36(26-41-24-23-28-11-15-31(16-12-28)42-32-17-13-29(25-40)14-18-32)33-19-21-35(38-34(33)20-22-37(44)43-38)45-27-30-9-7-6-8-10-30/h6-22,36,41-42H,23-24,26-27H2,1-5H3,(H,43,44). The Labute approximate surface area is 278 Å². The Morgan fingerprint density at radius 3 is 2.19 bits per heavy atom. The van der Waals surface area contributed by atoms with E-state index in [9.17, 15) is 4.79 Å². The summed E-state index contributed by atoms with van der Waals surface area (Å²) in [6.07, 6.45) is 0.649. The number of aromatic nitrogens is 1. The highest BCUT2D eigenvalue weighted by Crippen LogP contribution is 2.41. The Morgan fingerprint density at radius 2 is 1.53 bits per heavy atom. The number of nitrogens with one attached hydrogen (secondary N) is 3. The van der Waals surface area contributed by atoms with Crippen LogP contribution in [-0.2, 0) is 17.5 Å². The largest absolute Gasteiger partial charge is 0.487 e. The molecule has 0 amide bonds. The first kappa shape index (κ1) is 33.7. The number of rotatable bonds is 13. The van der Waals surface area contributed by atoms with Gasteiger partial charge in [-0.15, -0.1) is 0 Å². The number of aromatic amines is 1. The SMILES string of the molecule is CC(C)(C)[Si](C)(C)OC(CNCCc1ccc(Nc2ccc(C#N)cc2)cc1)c1ccc(OCc2ccccc2)c2[nH]c(=O)ccc12. The van der Waals surface area contributed by atoms with Gasteiger partial charge in [0.1, 0.15) is 12.4 Å². The number of ether oxygens (including phenoxy) is 1. The Balaban J connectivity index is 1.30. The molecule has 8 heteroatoms. The Bertz CT molecular complexity index is 1870. The molecule has 1 unspecified atom stereocenters. The average Bonchev–Trinajstić information content (AvgIpc) is 3.06. The molecule has 0 spiro atoms. The van der Waals surface area contributed by atoms with Crippen LogP contribution in [0.1, 0.15) is 49.1 Å². The number of benzene rings is 4. The molecule has 0 saturated carbocycles. The molecule has 3 N–H and O–H groups in total. The number of fused-ring (bicyclic) bond motifs is 1. The van der Waals surface area contributed by atoms with Gasteiger partial charge in [0.25, 0.3) is 0 Å². The van der Waals surface area contributed by atoms with Crippen molar-refractivity contribution in [3.8, 4) is 11.8 Å². The molecule has 0 aliphatic rings. The minimum Gasteiger partial charge on any atom is -0.487 e. The molecule has 0 aliphatic carbocycles. The zero-order chi connectivity index (χ0) is 33.4. The fourth-order valence-corrected chi connectivity index (χ4v) is 6.42. The van der Waals surface area contributed by atoms with Crippen LogP contribution >= 0.6 is 0 Å². The molecular weight excluding hydrogens is 601 g/mol. The molecular formula is C39H44N4O3Si. The molecule has 0 fully saturated rings. The number of H-pyrrole nitrogens is 1. The molecule has 47 heavy (non-hydrogen) atoms. The van der Waals surface area contributed by atoms with Crippen LogP contribution in [-0.4, -0.2) is 26.4 Å². The van der Waals surface area contributed by atoms with Gasteiger partial charge in [0.2, 0.25) is 5.56 Å². The second-order valence-corrected chi connectivity index (χ2v) is 18.1. The molecule has 7 nitrogen and oxygen atoms in total. The van der Waals surface area contributed by atoms with Gasteiger partial charge in [0.05, 0.1) is 23.3 Å². The van der Waals surface area contributed by atoms with E-state index in [2.05, 4.69) is 85.9 Å². The Morgan fingerprint density at radius 1 is 0.851 bits per heavy atom. The van der Waals surface area contributed by atoms with Gasteiger partial charge in [-0.2, -0.15) is 5.26 Å². The van der Waals surface area contributed by atoms with E-state index in [1.54, 1.807) is 18.2 Å². The van der Waals surface area contributed by atoms with Gasteiger partial charge in [0.15, 0.2) is 8.32 Å². The Kier molecular flexibility index (Phi) is 10.6. The molecule has 242 valence electrons. The van der Waals surface area contributed by atoms with Crippen LogP contribution in [0, 0.1) is 11.3 Å². The maximum Gasteiger partial charge on any atom is 0.248 e. The normalized spacial score (nSPS) is 12.4. The van der Waals surface area contributed by atoms with Gasteiger partial charge in [-0.3, -0.25) is 4.79 Å². The predicted octanol–water partition coefficient (Wildman–Crippen LogP) is 8.62. The van der Waals surface area contributed by atoms with Crippen LogP contribution in [0.3, 0.4) is 0 Å². The number of anilines is 2. The molecule has 1 heterocycles. The van der Waals surface area contributed by atoms with Crippen molar-refractivity contribution in [2.24, 2.45) is 0 Å². The lowest BCUT2D eigenvalue weighted by molar-refractivity contribution is 0.182. The van der Waals surface area contributed by atoms with Gasteiger partial charge >= 0.3 is 0 Å². The van der Waals surface area contributed by atoms with E-state index in [-0.39, 0.29) is 16.7 Å². The van der Waals surface area contributed by atoms with Crippen LogP contribution < -0.4 is 20.9 Å². The van der Waals surface area contributed by atoms with E-state index in [0.717, 1.165) is 40.9 Å². The number of nitrogens with zero attached hydrogens (tertiary/aromatic N) is 1. The summed E-state index contributed by atoms with van der Waals surface area (Å²) < 4.78 is 13.3. The fraction of sp³-hybridized carbons (Fsp3) is 0.282. The predicted molar refractivity (Wildman–Crippen MR) is 194 cm³/mol. The van der Waals surface area contributed by atoms with Crippen LogP contribution in [0.2, 0.25) is 18.1 Å². The summed E-state index contributed by atoms with van der Waals surface area (Å²) in [6, 6.07) is 35.5. The molecule has 1 aromatic heterocycles. The smallest absolute Gasteiger partial charge is 0.248 e. The second-order valence-electron chi connectivity index (χ2n) is 13.4. The van der Waals surface area contributed by atoms with E-state index in [0.29, 0.717) is 30.0 Å². The van der Waals surface area contributed by atoms with Gasteiger partial charge in [-0.05, 0) is 96.3 Å². The van der Waals surface area contributed by atoms with Crippen LogP contribution in [0.15, 0.2) is 108 Å². The third-order valence-electron chi connectivity index (χ3n) is 8.89. The van der Waals surface area contributed by atoms with Crippen molar-refractivity contribution in [3.63, 3.8) is 0 Å². The number of hydrogen-bond donors (Lipinski definition) is 3. The first-order valence-corrected chi connectivity index (χ1v) is 19.0. The van der Waals surface area contributed by atoms with Gasteiger partial charge < -0.3 is 24.8 Å². The van der Waals surface area contributed by atoms with E-state index in [4.69, 9.17) is 14.4 Å². The maximum absolute atomic E-state index is 12.5. The molecule has 4 aromatic carbocycles. The first-order chi connectivity index (χ1) is 22.5. The third kappa shape index (κ3) is 8.77. The molecule has 0 saturated heterocycles. The summed E-state index contributed by atoms with van der Waals surface area (Å²) in [6.45, 7) is 13.1. The van der Waals surface area contributed by atoms with Crippen molar-refractivity contribution in [2.75, 3.05) is 18.4 Å². The molecule has 5 aromatic rings. The molecule has 1 atom stereocenters. The third-order valence-corrected chi connectivity index (χ3v) is 13.4. The summed E-state index contributed by atoms with van der Waals surface area (Å²) in [5, 5.41) is 17.0. The summed E-state index contributed by atoms with van der Waals surface area (Å²) in [7, 11) is -2.16. The highest BCUT2D eigenvalue weighted by Gasteiger charge is 2.39. The molecule has 0 aliphatic heterocycles. The molecule has 0 bridgehead atoms. The molecule has 0 radical (unpaired) electrons. The lowest BCUT2D eigenvalue weighted by Crippen LogP contribution is -2.43. The maximum atomic E-state index is 12.5. The monoisotopic (exact) mass is 644 g/mol. The average molecular weight is 645 g/mol. The van der Waals surface area contributed by atoms with Crippen molar-refractivity contribution >= 4 is 30.6 Å². The lowest BCUT2D eigenvalue weighted by atomic mass is 10.0. The van der Waals surface area contributed by atoms with Crippen molar-refractivity contribution in [2.45, 2.75) is 58.0 Å². The van der Waals surface area contributed by atoms with Crippen LogP contribution in [0.5, 0.6) is 5.75 Å². The summed E-state index contributed by atoms with van der Waals surface area (Å²) in [4.78, 5) is 15.5. The zero-order valence-corrected chi connectivity index (χ0v) is 28.9. The highest BCUT2D eigenvalue weighted by atomic mass is 28.4. The lowest BCUT2D eigenvalue weighted by Gasteiger charge is -2.39. The minimum atomic E-state index is -2.16. The van der Waals surface area contributed by atoms with E-state index in [1.165, 1.54) is 5.56 Å². The van der Waals surface area contributed by atoms with Gasteiger partial charge in [0, 0.05) is 29.4 Å². The molecule has 5 rings (SSSR count). The van der Waals surface area contributed by atoms with E-state index < -0.39 is 8.32 Å². The first-order valence-electron chi connectivity index (χ1n) is 16.1. The highest BCUT2D eigenvalue weighted by molar-refractivity contribution is 6.74. The summed E-state index contributed by atoms with van der Waals surface area (Å²) in [5.74, 6) is 0.640.